The molecule has 0 spiro atoms. The van der Waals surface area contributed by atoms with Crippen LogP contribution in [-0.4, -0.2) is 34.7 Å². The van der Waals surface area contributed by atoms with Crippen LogP contribution in [0.4, 0.5) is 13.2 Å². The summed E-state index contributed by atoms with van der Waals surface area (Å²) in [6.45, 7) is 1.67. The topological polar surface area (TPSA) is 126 Å². The van der Waals surface area contributed by atoms with Crippen molar-refractivity contribution in [1.82, 2.24) is 34.7 Å². The Balaban J connectivity index is 1.56. The predicted molar refractivity (Wildman–Crippen MR) is 118 cm³/mol. The quantitative estimate of drug-likeness (QED) is 0.446. The molecule has 1 fully saturated rings. The fourth-order valence-corrected chi connectivity index (χ4v) is 4.30. The summed E-state index contributed by atoms with van der Waals surface area (Å²) in [5.74, 6) is 0.755. The molecule has 1 N–H and O–H groups in total. The summed E-state index contributed by atoms with van der Waals surface area (Å²) in [6, 6.07) is 3.41. The van der Waals surface area contributed by atoms with E-state index in [1.54, 1.807) is 6.92 Å². The molecule has 0 aromatic carbocycles. The highest BCUT2D eigenvalue weighted by molar-refractivity contribution is 6.30. The van der Waals surface area contributed by atoms with Crippen LogP contribution in [0.5, 0.6) is 0 Å². The molecule has 1 aliphatic carbocycles. The first-order valence-electron chi connectivity index (χ1n) is 10.6. The molecule has 0 bridgehead atoms. The molecule has 4 aromatic rings. The van der Waals surface area contributed by atoms with Crippen molar-refractivity contribution in [3.05, 3.63) is 74.7 Å². The minimum Gasteiger partial charge on any atom is -0.310 e. The second-order valence-corrected chi connectivity index (χ2v) is 8.69. The summed E-state index contributed by atoms with van der Waals surface area (Å²) in [7, 11) is 0. The largest absolute Gasteiger partial charge is 0.433 e. The lowest BCUT2D eigenvalue weighted by Crippen LogP contribution is -2.28. The number of pyridine rings is 1. The Hall–Kier alpha value is -3.85. The zero-order valence-electron chi connectivity index (χ0n) is 18.1. The number of aromatic nitrogens is 7. The third kappa shape index (κ3) is 4.01. The number of nitrogens with zero attached hydrogens (tertiary/aromatic N) is 7. The van der Waals surface area contributed by atoms with E-state index in [1.165, 1.54) is 23.1 Å². The number of nitrogens with one attached hydrogen (secondary N) is 1. The zero-order chi connectivity index (χ0) is 24.9. The number of rotatable bonds is 4. The Morgan fingerprint density at radius 1 is 1.17 bits per heavy atom. The Bertz CT molecular complexity index is 1510. The van der Waals surface area contributed by atoms with Gasteiger partial charge in [0.15, 0.2) is 11.3 Å². The summed E-state index contributed by atoms with van der Waals surface area (Å²) in [6.07, 6.45) is 1.08. The van der Waals surface area contributed by atoms with E-state index in [-0.39, 0.29) is 28.6 Å². The fraction of sp³-hybridized carbons (Fsp3) is 0.318. The maximum Gasteiger partial charge on any atom is 0.433 e. The van der Waals surface area contributed by atoms with Crippen LogP contribution in [0.1, 0.15) is 66.2 Å². The normalized spacial score (nSPS) is 18.7. The summed E-state index contributed by atoms with van der Waals surface area (Å²) >= 11 is 5.88. The van der Waals surface area contributed by atoms with Gasteiger partial charge in [0.05, 0.1) is 11.1 Å². The van der Waals surface area contributed by atoms with Crippen LogP contribution < -0.4 is 5.56 Å². The van der Waals surface area contributed by atoms with Gasteiger partial charge < -0.3 is 4.98 Å². The molecule has 1 aliphatic rings. The number of H-pyrrole nitrogens is 1. The van der Waals surface area contributed by atoms with Crippen molar-refractivity contribution in [2.24, 2.45) is 0 Å². The minimum atomic E-state index is -4.56. The van der Waals surface area contributed by atoms with Crippen LogP contribution in [-0.2, 0) is 6.18 Å². The molecule has 3 atom stereocenters. The number of aromatic amines is 1. The highest BCUT2D eigenvalue weighted by Gasteiger charge is 2.38. The van der Waals surface area contributed by atoms with Crippen LogP contribution in [0.3, 0.4) is 0 Å². The zero-order valence-corrected chi connectivity index (χ0v) is 18.8. The van der Waals surface area contributed by atoms with Crippen molar-refractivity contribution in [3.63, 3.8) is 0 Å². The maximum absolute atomic E-state index is 13.0. The van der Waals surface area contributed by atoms with Gasteiger partial charge in [-0.25, -0.2) is 19.6 Å². The standard InChI is InChI=1S/C22H16ClF3N8O/c1-10(11-2-5-16(28-7-11)22(24,25)26)34-20-17(15(6-27)33-34)21(35)32-19(31-20)14-4-3-13(14)18-29-8-12(23)9-30-18/h2,5,7-10,13-14H,3-4H2,1H3,(H,31,32,35)/t10?,13-,14-/m1/s1. The van der Waals surface area contributed by atoms with Crippen molar-refractivity contribution < 1.29 is 13.2 Å². The third-order valence-corrected chi connectivity index (χ3v) is 6.40. The molecule has 0 amide bonds. The molecule has 0 saturated heterocycles. The Kier molecular flexibility index (Phi) is 5.52. The van der Waals surface area contributed by atoms with Gasteiger partial charge in [-0.15, -0.1) is 0 Å². The number of fused-ring (bicyclic) bond motifs is 1. The summed E-state index contributed by atoms with van der Waals surface area (Å²) in [4.78, 5) is 32.4. The Labute approximate surface area is 200 Å². The molecule has 0 radical (unpaired) electrons. The minimum absolute atomic E-state index is 0.0154. The summed E-state index contributed by atoms with van der Waals surface area (Å²) in [5.41, 5.74) is -1.10. The van der Waals surface area contributed by atoms with Crippen LogP contribution in [0.15, 0.2) is 35.5 Å². The van der Waals surface area contributed by atoms with Crippen molar-refractivity contribution in [1.29, 1.82) is 5.26 Å². The van der Waals surface area contributed by atoms with E-state index in [4.69, 9.17) is 11.6 Å². The molecule has 9 nitrogen and oxygen atoms in total. The van der Waals surface area contributed by atoms with Crippen molar-refractivity contribution in [2.45, 2.75) is 43.8 Å². The average molecular weight is 501 g/mol. The maximum atomic E-state index is 13.0. The molecule has 4 aromatic heterocycles. The average Bonchev–Trinajstić information content (AvgIpc) is 3.18. The van der Waals surface area contributed by atoms with Gasteiger partial charge in [0.1, 0.15) is 28.8 Å². The third-order valence-electron chi connectivity index (χ3n) is 6.21. The molecule has 1 saturated carbocycles. The summed E-state index contributed by atoms with van der Waals surface area (Å²) in [5, 5.41) is 14.2. The first kappa shape index (κ1) is 22.9. The Morgan fingerprint density at radius 3 is 2.46 bits per heavy atom. The highest BCUT2D eigenvalue weighted by Crippen LogP contribution is 2.46. The second kappa shape index (κ2) is 8.42. The molecule has 0 aliphatic heterocycles. The van der Waals surface area contributed by atoms with E-state index < -0.39 is 23.5 Å². The van der Waals surface area contributed by atoms with Gasteiger partial charge in [-0.1, -0.05) is 17.7 Å². The van der Waals surface area contributed by atoms with Gasteiger partial charge in [-0.2, -0.15) is 23.5 Å². The SMILES string of the molecule is CC(c1ccc(C(F)(F)F)nc1)n1nc(C#N)c2c(=O)[nH]c([C@@H]3CC[C@H]3c3ncc(Cl)cn3)nc21. The molecule has 35 heavy (non-hydrogen) atoms. The van der Waals surface area contributed by atoms with Crippen LogP contribution in [0.2, 0.25) is 5.02 Å². The first-order valence-corrected chi connectivity index (χ1v) is 11.0. The lowest BCUT2D eigenvalue weighted by molar-refractivity contribution is -0.141. The van der Waals surface area contributed by atoms with Gasteiger partial charge in [0.25, 0.3) is 5.56 Å². The fourth-order valence-electron chi connectivity index (χ4n) is 4.20. The number of hydrogen-bond donors (Lipinski definition) is 1. The molecular formula is C22H16ClF3N8O. The first-order chi connectivity index (χ1) is 16.7. The van der Waals surface area contributed by atoms with Crippen LogP contribution >= 0.6 is 11.6 Å². The summed E-state index contributed by atoms with van der Waals surface area (Å²) < 4.78 is 40.1. The molecule has 13 heteroatoms. The predicted octanol–water partition coefficient (Wildman–Crippen LogP) is 4.12. The van der Waals surface area contributed by atoms with Gasteiger partial charge >= 0.3 is 6.18 Å². The van der Waals surface area contributed by atoms with Gasteiger partial charge in [-0.05, 0) is 31.4 Å². The van der Waals surface area contributed by atoms with Crippen LogP contribution in [0.25, 0.3) is 11.0 Å². The van der Waals surface area contributed by atoms with E-state index in [0.29, 0.717) is 22.2 Å². The van der Waals surface area contributed by atoms with E-state index in [1.807, 2.05) is 6.07 Å². The molecular weight excluding hydrogens is 485 g/mol. The van der Waals surface area contributed by atoms with Crippen molar-refractivity contribution >= 4 is 22.6 Å². The number of alkyl halides is 3. The van der Waals surface area contributed by atoms with Gasteiger partial charge in [0.2, 0.25) is 0 Å². The number of hydrogen-bond acceptors (Lipinski definition) is 7. The Morgan fingerprint density at radius 2 is 1.89 bits per heavy atom. The van der Waals surface area contributed by atoms with Gasteiger partial charge in [0, 0.05) is 30.4 Å². The lowest BCUT2D eigenvalue weighted by Gasteiger charge is -2.34. The van der Waals surface area contributed by atoms with E-state index in [0.717, 1.165) is 25.1 Å². The smallest absolute Gasteiger partial charge is 0.310 e. The number of halogens is 4. The molecule has 5 rings (SSSR count). The van der Waals surface area contributed by atoms with Gasteiger partial charge in [-0.3, -0.25) is 9.78 Å². The molecule has 4 heterocycles. The van der Waals surface area contributed by atoms with E-state index in [9.17, 15) is 23.2 Å². The second-order valence-electron chi connectivity index (χ2n) is 8.26. The monoisotopic (exact) mass is 500 g/mol. The molecule has 178 valence electrons. The van der Waals surface area contributed by atoms with Crippen molar-refractivity contribution in [3.8, 4) is 6.07 Å². The van der Waals surface area contributed by atoms with Crippen LogP contribution in [0, 0.1) is 11.3 Å². The molecule has 1 unspecified atom stereocenters. The van der Waals surface area contributed by atoms with E-state index in [2.05, 4.69) is 30.0 Å². The van der Waals surface area contributed by atoms with E-state index >= 15 is 0 Å². The number of nitriles is 1. The van der Waals surface area contributed by atoms with Crippen molar-refractivity contribution in [2.75, 3.05) is 0 Å². The lowest BCUT2D eigenvalue weighted by atomic mass is 9.72. The highest BCUT2D eigenvalue weighted by atomic mass is 35.5.